The molecule has 0 aliphatic heterocycles. The molecule has 9 heteroatoms. The molecule has 1 saturated carbocycles. The first kappa shape index (κ1) is 23.7. The maximum Gasteiger partial charge on any atom is 0.254 e. The van der Waals surface area contributed by atoms with Crippen LogP contribution in [0.5, 0.6) is 11.5 Å². The van der Waals surface area contributed by atoms with Crippen molar-refractivity contribution in [3.05, 3.63) is 47.9 Å². The molecule has 1 fully saturated rings. The maximum atomic E-state index is 13.0. The second kappa shape index (κ2) is 10.6. The van der Waals surface area contributed by atoms with Crippen LogP contribution in [0.15, 0.2) is 36.7 Å². The average Bonchev–Trinajstić information content (AvgIpc) is 3.63. The van der Waals surface area contributed by atoms with Gasteiger partial charge in [0.1, 0.15) is 11.5 Å². The SMILES string of the molecule is CCN(CC)CCNC(=O)c1cnn(-c2nccc(-c3cc(OC)ccc3OC)n2)c1C1CC1. The highest BCUT2D eigenvalue weighted by atomic mass is 16.5. The number of aromatic nitrogens is 4. The van der Waals surface area contributed by atoms with E-state index < -0.39 is 0 Å². The molecule has 0 saturated heterocycles. The number of benzene rings is 1. The number of nitrogens with one attached hydrogen (secondary N) is 1. The Morgan fingerprint density at radius 3 is 2.65 bits per heavy atom. The van der Waals surface area contributed by atoms with Crippen LogP contribution >= 0.6 is 0 Å². The molecule has 4 rings (SSSR count). The monoisotopic (exact) mass is 464 g/mol. The molecule has 0 bridgehead atoms. The first-order valence-corrected chi connectivity index (χ1v) is 11.7. The highest BCUT2D eigenvalue weighted by Crippen LogP contribution is 2.42. The summed E-state index contributed by atoms with van der Waals surface area (Å²) in [5.41, 5.74) is 2.94. The molecular weight excluding hydrogens is 432 g/mol. The van der Waals surface area contributed by atoms with Gasteiger partial charge in [0.2, 0.25) is 0 Å². The van der Waals surface area contributed by atoms with Gasteiger partial charge in [-0.05, 0) is 50.2 Å². The zero-order chi connectivity index (χ0) is 24.1. The van der Waals surface area contributed by atoms with Gasteiger partial charge < -0.3 is 19.7 Å². The topological polar surface area (TPSA) is 94.4 Å². The van der Waals surface area contributed by atoms with Crippen molar-refractivity contribution in [1.29, 1.82) is 0 Å². The lowest BCUT2D eigenvalue weighted by Gasteiger charge is -2.18. The summed E-state index contributed by atoms with van der Waals surface area (Å²) in [6.07, 6.45) is 5.37. The Kier molecular flexibility index (Phi) is 7.42. The van der Waals surface area contributed by atoms with E-state index in [2.05, 4.69) is 34.1 Å². The van der Waals surface area contributed by atoms with Gasteiger partial charge in [0.25, 0.3) is 11.9 Å². The number of carbonyl (C=O) groups is 1. The highest BCUT2D eigenvalue weighted by molar-refractivity contribution is 5.95. The largest absolute Gasteiger partial charge is 0.497 e. The number of ether oxygens (including phenoxy) is 2. The quantitative estimate of drug-likeness (QED) is 0.465. The van der Waals surface area contributed by atoms with Crippen molar-refractivity contribution in [3.63, 3.8) is 0 Å². The summed E-state index contributed by atoms with van der Waals surface area (Å²) in [6.45, 7) is 7.58. The van der Waals surface area contributed by atoms with Crippen molar-refractivity contribution in [2.24, 2.45) is 0 Å². The summed E-state index contributed by atoms with van der Waals surface area (Å²) < 4.78 is 12.6. The maximum absolute atomic E-state index is 13.0. The lowest BCUT2D eigenvalue weighted by Crippen LogP contribution is -2.35. The zero-order valence-electron chi connectivity index (χ0n) is 20.2. The Morgan fingerprint density at radius 2 is 1.97 bits per heavy atom. The molecule has 3 aromatic rings. The van der Waals surface area contributed by atoms with Gasteiger partial charge in [0.05, 0.1) is 37.4 Å². The second-order valence-corrected chi connectivity index (χ2v) is 8.22. The fraction of sp³-hybridized carbons (Fsp3) is 0.440. The van der Waals surface area contributed by atoms with E-state index in [1.165, 1.54) is 0 Å². The van der Waals surface area contributed by atoms with Crippen molar-refractivity contribution < 1.29 is 14.3 Å². The third kappa shape index (κ3) is 5.04. The van der Waals surface area contributed by atoms with Crippen molar-refractivity contribution in [1.82, 2.24) is 30.0 Å². The lowest BCUT2D eigenvalue weighted by atomic mass is 10.1. The molecule has 2 aromatic heterocycles. The summed E-state index contributed by atoms with van der Waals surface area (Å²) in [6, 6.07) is 7.39. The predicted octanol–water partition coefficient (Wildman–Crippen LogP) is 3.30. The number of methoxy groups -OCH3 is 2. The molecule has 1 N–H and O–H groups in total. The van der Waals surface area contributed by atoms with E-state index in [1.54, 1.807) is 31.3 Å². The highest BCUT2D eigenvalue weighted by Gasteiger charge is 2.33. The smallest absolute Gasteiger partial charge is 0.254 e. The van der Waals surface area contributed by atoms with Gasteiger partial charge in [-0.15, -0.1) is 0 Å². The zero-order valence-corrected chi connectivity index (χ0v) is 20.2. The number of carbonyl (C=O) groups excluding carboxylic acids is 1. The first-order valence-electron chi connectivity index (χ1n) is 11.7. The van der Waals surface area contributed by atoms with Crippen LogP contribution in [-0.2, 0) is 0 Å². The molecular formula is C25H32N6O3. The van der Waals surface area contributed by atoms with Gasteiger partial charge in [0, 0.05) is 30.8 Å². The average molecular weight is 465 g/mol. The normalized spacial score (nSPS) is 13.2. The first-order chi connectivity index (χ1) is 16.6. The van der Waals surface area contributed by atoms with E-state index in [-0.39, 0.29) is 11.8 Å². The van der Waals surface area contributed by atoms with Crippen LogP contribution < -0.4 is 14.8 Å². The summed E-state index contributed by atoms with van der Waals surface area (Å²) in [7, 11) is 3.24. The van der Waals surface area contributed by atoms with Gasteiger partial charge in [-0.1, -0.05) is 13.8 Å². The fourth-order valence-electron chi connectivity index (χ4n) is 4.02. The minimum atomic E-state index is -0.106. The molecule has 9 nitrogen and oxygen atoms in total. The van der Waals surface area contributed by atoms with Crippen molar-refractivity contribution in [3.8, 4) is 28.7 Å². The Hall–Kier alpha value is -3.46. The summed E-state index contributed by atoms with van der Waals surface area (Å²) in [5, 5.41) is 7.57. The van der Waals surface area contributed by atoms with Crippen LogP contribution in [0.2, 0.25) is 0 Å². The van der Waals surface area contributed by atoms with Crippen LogP contribution in [0.1, 0.15) is 48.7 Å². The van der Waals surface area contributed by atoms with E-state index in [1.807, 2.05) is 24.3 Å². The van der Waals surface area contributed by atoms with Crippen molar-refractivity contribution in [2.75, 3.05) is 40.4 Å². The molecule has 1 aromatic carbocycles. The lowest BCUT2D eigenvalue weighted by molar-refractivity contribution is 0.0948. The minimum absolute atomic E-state index is 0.106. The van der Waals surface area contributed by atoms with Crippen molar-refractivity contribution in [2.45, 2.75) is 32.6 Å². The van der Waals surface area contributed by atoms with Gasteiger partial charge in [-0.2, -0.15) is 5.10 Å². The van der Waals surface area contributed by atoms with E-state index in [0.29, 0.717) is 35.2 Å². The third-order valence-electron chi connectivity index (χ3n) is 6.14. The predicted molar refractivity (Wildman–Crippen MR) is 130 cm³/mol. The Bertz CT molecular complexity index is 1140. The van der Waals surface area contributed by atoms with E-state index in [0.717, 1.165) is 43.7 Å². The van der Waals surface area contributed by atoms with Crippen LogP contribution in [0.3, 0.4) is 0 Å². The number of hydrogen-bond acceptors (Lipinski definition) is 7. The number of rotatable bonds is 11. The summed E-state index contributed by atoms with van der Waals surface area (Å²) >= 11 is 0. The number of amides is 1. The fourth-order valence-corrected chi connectivity index (χ4v) is 4.02. The third-order valence-corrected chi connectivity index (χ3v) is 6.14. The number of hydrogen-bond donors (Lipinski definition) is 1. The molecule has 0 spiro atoms. The van der Waals surface area contributed by atoms with Crippen LogP contribution in [0.25, 0.3) is 17.2 Å². The van der Waals surface area contributed by atoms with E-state index in [4.69, 9.17) is 14.5 Å². The van der Waals surface area contributed by atoms with Crippen molar-refractivity contribution >= 4 is 5.91 Å². The number of nitrogens with zero attached hydrogens (tertiary/aromatic N) is 5. The van der Waals surface area contributed by atoms with Crippen LogP contribution in [0, 0.1) is 0 Å². The molecule has 0 radical (unpaired) electrons. The Labute approximate surface area is 200 Å². The summed E-state index contributed by atoms with van der Waals surface area (Å²) in [4.78, 5) is 24.5. The molecule has 0 unspecified atom stereocenters. The standard InChI is InChI=1S/C25H32N6O3/c1-5-30(6-2)14-13-26-24(32)20-16-28-31(23(20)17-7-8-17)25-27-12-11-21(29-25)19-15-18(33-3)9-10-22(19)34-4/h9-12,15-17H,5-8,13-14H2,1-4H3,(H,26,32). The van der Waals surface area contributed by atoms with Crippen LogP contribution in [-0.4, -0.2) is 71.0 Å². The Morgan fingerprint density at radius 1 is 1.18 bits per heavy atom. The molecule has 1 aliphatic rings. The molecule has 1 aliphatic carbocycles. The molecule has 34 heavy (non-hydrogen) atoms. The minimum Gasteiger partial charge on any atom is -0.497 e. The molecule has 1 amide bonds. The summed E-state index contributed by atoms with van der Waals surface area (Å²) in [5.74, 6) is 1.99. The number of likely N-dealkylation sites (N-methyl/N-ethyl adjacent to an activating group) is 1. The van der Waals surface area contributed by atoms with Gasteiger partial charge in [-0.25, -0.2) is 14.6 Å². The van der Waals surface area contributed by atoms with E-state index in [9.17, 15) is 4.79 Å². The molecule has 180 valence electrons. The van der Waals surface area contributed by atoms with Gasteiger partial charge in [-0.3, -0.25) is 4.79 Å². The van der Waals surface area contributed by atoms with E-state index >= 15 is 0 Å². The van der Waals surface area contributed by atoms with Gasteiger partial charge >= 0.3 is 0 Å². The molecule has 0 atom stereocenters. The second-order valence-electron chi connectivity index (χ2n) is 8.22. The van der Waals surface area contributed by atoms with Crippen LogP contribution in [0.4, 0.5) is 0 Å². The Balaban J connectivity index is 1.63. The van der Waals surface area contributed by atoms with Gasteiger partial charge in [0.15, 0.2) is 0 Å². The molecule has 2 heterocycles.